The Morgan fingerprint density at radius 3 is 2.07 bits per heavy atom. The largest absolute Gasteiger partial charge is 0.355 e. The van der Waals surface area contributed by atoms with Crippen LogP contribution in [0.2, 0.25) is 10.0 Å². The van der Waals surface area contributed by atoms with E-state index >= 15 is 0 Å². The predicted octanol–water partition coefficient (Wildman–Crippen LogP) is 6.53. The quantitative estimate of drug-likeness (QED) is 0.178. The first kappa shape index (κ1) is 33.1. The first-order chi connectivity index (χ1) is 21.1. The lowest BCUT2D eigenvalue weighted by atomic mass is 10.0. The Labute approximate surface area is 269 Å². The van der Waals surface area contributed by atoms with E-state index in [1.54, 1.807) is 55.5 Å². The normalized spacial score (nSPS) is 11.9. The number of carbonyl (C=O) groups is 2. The van der Waals surface area contributed by atoms with Crippen LogP contribution < -0.4 is 9.62 Å². The zero-order valence-corrected chi connectivity index (χ0v) is 26.9. The number of amides is 2. The number of aryl methyl sites for hydroxylation is 1. The molecule has 0 saturated heterocycles. The zero-order valence-electron chi connectivity index (χ0n) is 24.6. The Morgan fingerprint density at radius 2 is 1.43 bits per heavy atom. The highest BCUT2D eigenvalue weighted by molar-refractivity contribution is 7.92. The molecule has 230 valence electrons. The summed E-state index contributed by atoms with van der Waals surface area (Å²) in [6.45, 7) is 3.56. The molecule has 0 radical (unpaired) electrons. The average Bonchev–Trinajstić information content (AvgIpc) is 3.04. The lowest BCUT2D eigenvalue weighted by Crippen LogP contribution is -2.53. The van der Waals surface area contributed by atoms with Crippen molar-refractivity contribution in [3.8, 4) is 0 Å². The maximum Gasteiger partial charge on any atom is 0.264 e. The van der Waals surface area contributed by atoms with Gasteiger partial charge in [-0.05, 0) is 60.4 Å². The SMILES string of the molecule is CCNC(=O)[C@@H](Cc1ccccc1)N(Cc1ccc(Cl)c(Cl)c1)C(=O)CN(c1ccccc1CC)S(=O)(=O)c1ccccc1. The summed E-state index contributed by atoms with van der Waals surface area (Å²) in [6.07, 6.45) is 0.768. The maximum absolute atomic E-state index is 14.5. The number of anilines is 1. The number of sulfonamides is 1. The van der Waals surface area contributed by atoms with Gasteiger partial charge < -0.3 is 10.2 Å². The fourth-order valence-electron chi connectivity index (χ4n) is 4.97. The van der Waals surface area contributed by atoms with Gasteiger partial charge in [0, 0.05) is 19.5 Å². The van der Waals surface area contributed by atoms with Crippen molar-refractivity contribution in [1.29, 1.82) is 0 Å². The van der Waals surface area contributed by atoms with Crippen LogP contribution in [0.25, 0.3) is 0 Å². The maximum atomic E-state index is 14.5. The van der Waals surface area contributed by atoms with Crippen LogP contribution in [-0.4, -0.2) is 44.3 Å². The second kappa shape index (κ2) is 15.2. The molecule has 1 atom stereocenters. The van der Waals surface area contributed by atoms with Crippen LogP contribution in [-0.2, 0) is 39.0 Å². The zero-order chi connectivity index (χ0) is 31.7. The molecule has 0 bridgehead atoms. The topological polar surface area (TPSA) is 86.8 Å². The van der Waals surface area contributed by atoms with Crippen molar-refractivity contribution in [3.63, 3.8) is 0 Å². The molecule has 0 fully saturated rings. The molecular weight excluding hydrogens is 617 g/mol. The third-order valence-corrected chi connectivity index (χ3v) is 9.72. The third-order valence-electron chi connectivity index (χ3n) is 7.21. The van der Waals surface area contributed by atoms with Crippen LogP contribution in [0.1, 0.15) is 30.5 Å². The molecule has 0 aliphatic rings. The molecule has 0 unspecified atom stereocenters. The van der Waals surface area contributed by atoms with Gasteiger partial charge in [-0.3, -0.25) is 13.9 Å². The summed E-state index contributed by atoms with van der Waals surface area (Å²) in [5, 5.41) is 3.52. The van der Waals surface area contributed by atoms with E-state index in [-0.39, 0.29) is 23.8 Å². The molecule has 4 aromatic rings. The predicted molar refractivity (Wildman–Crippen MR) is 176 cm³/mol. The van der Waals surface area contributed by atoms with E-state index in [9.17, 15) is 18.0 Å². The van der Waals surface area contributed by atoms with Gasteiger partial charge in [0.25, 0.3) is 10.0 Å². The van der Waals surface area contributed by atoms with E-state index in [1.807, 2.05) is 49.4 Å². The molecule has 0 aliphatic carbocycles. The summed E-state index contributed by atoms with van der Waals surface area (Å²) in [5.41, 5.74) is 2.65. The van der Waals surface area contributed by atoms with Crippen molar-refractivity contribution in [3.05, 3.63) is 130 Å². The van der Waals surface area contributed by atoms with Crippen LogP contribution >= 0.6 is 23.2 Å². The van der Waals surface area contributed by atoms with Gasteiger partial charge in [-0.1, -0.05) is 103 Å². The van der Waals surface area contributed by atoms with Gasteiger partial charge in [0.15, 0.2) is 0 Å². The highest BCUT2D eigenvalue weighted by Gasteiger charge is 2.35. The molecule has 0 spiro atoms. The van der Waals surface area contributed by atoms with Crippen molar-refractivity contribution in [2.24, 2.45) is 0 Å². The molecule has 7 nitrogen and oxygen atoms in total. The Hall–Kier alpha value is -3.85. The van der Waals surface area contributed by atoms with Crippen molar-refractivity contribution < 1.29 is 18.0 Å². The number of nitrogens with one attached hydrogen (secondary N) is 1. The number of hydrogen-bond donors (Lipinski definition) is 1. The number of halogens is 2. The Kier molecular flexibility index (Phi) is 11.4. The van der Waals surface area contributed by atoms with Crippen LogP contribution in [0.5, 0.6) is 0 Å². The highest BCUT2D eigenvalue weighted by Crippen LogP contribution is 2.29. The number of carbonyl (C=O) groups excluding carboxylic acids is 2. The summed E-state index contributed by atoms with van der Waals surface area (Å²) >= 11 is 12.5. The van der Waals surface area contributed by atoms with Crippen molar-refractivity contribution in [2.75, 3.05) is 17.4 Å². The molecule has 2 amide bonds. The van der Waals surface area contributed by atoms with E-state index < -0.39 is 28.5 Å². The summed E-state index contributed by atoms with van der Waals surface area (Å²) in [6, 6.07) is 28.6. The van der Waals surface area contributed by atoms with E-state index in [4.69, 9.17) is 23.2 Å². The number of para-hydroxylation sites is 1. The molecule has 1 N–H and O–H groups in total. The minimum absolute atomic E-state index is 0.000986. The molecule has 0 saturated carbocycles. The van der Waals surface area contributed by atoms with Crippen LogP contribution in [0.15, 0.2) is 108 Å². The monoisotopic (exact) mass is 651 g/mol. The fourth-order valence-corrected chi connectivity index (χ4v) is 6.76. The number of nitrogens with zero attached hydrogens (tertiary/aromatic N) is 2. The van der Waals surface area contributed by atoms with Gasteiger partial charge in [0.05, 0.1) is 20.6 Å². The van der Waals surface area contributed by atoms with Gasteiger partial charge in [-0.15, -0.1) is 0 Å². The molecule has 4 rings (SSSR count). The average molecular weight is 653 g/mol. The molecule has 0 aliphatic heterocycles. The van der Waals surface area contributed by atoms with Gasteiger partial charge in [-0.2, -0.15) is 0 Å². The first-order valence-electron chi connectivity index (χ1n) is 14.4. The summed E-state index contributed by atoms with van der Waals surface area (Å²) in [5.74, 6) is -0.898. The molecular formula is C34H35Cl2N3O4S. The van der Waals surface area contributed by atoms with Crippen LogP contribution in [0.3, 0.4) is 0 Å². The fraction of sp³-hybridized carbons (Fsp3) is 0.235. The summed E-state index contributed by atoms with van der Waals surface area (Å²) < 4.78 is 29.4. The lowest BCUT2D eigenvalue weighted by Gasteiger charge is -2.34. The van der Waals surface area contributed by atoms with E-state index in [1.165, 1.54) is 17.0 Å². The molecule has 4 aromatic carbocycles. The van der Waals surface area contributed by atoms with E-state index in [0.717, 1.165) is 15.4 Å². The Morgan fingerprint density at radius 1 is 0.795 bits per heavy atom. The van der Waals surface area contributed by atoms with Crippen molar-refractivity contribution in [2.45, 2.75) is 44.2 Å². The smallest absolute Gasteiger partial charge is 0.264 e. The lowest BCUT2D eigenvalue weighted by molar-refractivity contribution is -0.140. The standard InChI is InChI=1S/C34H35Cl2N3O4S/c1-3-27-15-11-12-18-31(27)39(44(42,43)28-16-9-6-10-17-28)24-33(40)38(23-26-19-20-29(35)30(36)21-26)32(34(41)37-4-2)22-25-13-7-5-8-14-25/h5-21,32H,3-4,22-24H2,1-2H3,(H,37,41)/t32-/m1/s1. The third kappa shape index (κ3) is 8.00. The Balaban J connectivity index is 1.83. The van der Waals surface area contributed by atoms with Gasteiger partial charge in [0.2, 0.25) is 11.8 Å². The number of benzene rings is 4. The minimum atomic E-state index is -4.17. The van der Waals surface area contributed by atoms with E-state index in [2.05, 4.69) is 5.32 Å². The first-order valence-corrected chi connectivity index (χ1v) is 16.6. The van der Waals surface area contributed by atoms with Crippen molar-refractivity contribution >= 4 is 50.7 Å². The Bertz CT molecular complexity index is 1690. The number of rotatable bonds is 13. The minimum Gasteiger partial charge on any atom is -0.355 e. The number of hydrogen-bond acceptors (Lipinski definition) is 4. The van der Waals surface area contributed by atoms with E-state index in [0.29, 0.717) is 34.3 Å². The van der Waals surface area contributed by atoms with Gasteiger partial charge in [0.1, 0.15) is 12.6 Å². The molecule has 10 heteroatoms. The summed E-state index contributed by atoms with van der Waals surface area (Å²) in [4.78, 5) is 29.6. The van der Waals surface area contributed by atoms with Crippen molar-refractivity contribution in [1.82, 2.24) is 10.2 Å². The number of likely N-dealkylation sites (N-methyl/N-ethyl adjacent to an activating group) is 1. The van der Waals surface area contributed by atoms with Crippen LogP contribution in [0, 0.1) is 0 Å². The molecule has 0 heterocycles. The van der Waals surface area contributed by atoms with Gasteiger partial charge >= 0.3 is 0 Å². The summed E-state index contributed by atoms with van der Waals surface area (Å²) in [7, 11) is -4.17. The second-order valence-corrected chi connectivity index (χ2v) is 12.9. The van der Waals surface area contributed by atoms with Crippen LogP contribution in [0.4, 0.5) is 5.69 Å². The highest BCUT2D eigenvalue weighted by atomic mass is 35.5. The molecule has 0 aromatic heterocycles. The molecule has 44 heavy (non-hydrogen) atoms. The second-order valence-electron chi connectivity index (χ2n) is 10.2. The van der Waals surface area contributed by atoms with Gasteiger partial charge in [-0.25, -0.2) is 8.42 Å².